The zero-order chi connectivity index (χ0) is 24.0. The Hall–Kier alpha value is -3.90. The number of hydrogen-bond acceptors (Lipinski definition) is 7. The number of nitrogens with one attached hydrogen (secondary N) is 1. The SMILES string of the molecule is [C-]#[N+]c1cnn(-c2cc(S(=O)(=O)O)ccc2S(=O)(=O)O)c1N=Nc1c(C)[nH]c2ccccc12. The maximum Gasteiger partial charge on any atom is 0.296 e. The maximum absolute atomic E-state index is 11.9. The molecule has 0 aliphatic rings. The van der Waals surface area contributed by atoms with E-state index in [1.807, 2.05) is 24.3 Å². The zero-order valence-electron chi connectivity index (χ0n) is 16.7. The molecule has 2 aromatic carbocycles. The van der Waals surface area contributed by atoms with Gasteiger partial charge < -0.3 is 4.98 Å². The van der Waals surface area contributed by atoms with Gasteiger partial charge in [-0.3, -0.25) is 9.11 Å². The lowest BCUT2D eigenvalue weighted by Crippen LogP contribution is -2.09. The molecule has 4 aromatic rings. The molecule has 12 nitrogen and oxygen atoms in total. The van der Waals surface area contributed by atoms with Gasteiger partial charge >= 0.3 is 0 Å². The molecule has 0 aliphatic carbocycles. The summed E-state index contributed by atoms with van der Waals surface area (Å²) < 4.78 is 66.8. The molecule has 2 heterocycles. The lowest BCUT2D eigenvalue weighted by Gasteiger charge is -2.10. The van der Waals surface area contributed by atoms with E-state index in [9.17, 15) is 25.9 Å². The number of H-pyrrole nitrogens is 1. The van der Waals surface area contributed by atoms with Gasteiger partial charge in [-0.25, -0.2) is 9.53 Å². The van der Waals surface area contributed by atoms with Crippen molar-refractivity contribution in [2.45, 2.75) is 16.7 Å². The van der Waals surface area contributed by atoms with Gasteiger partial charge in [0.25, 0.3) is 25.9 Å². The first-order valence-electron chi connectivity index (χ1n) is 9.04. The second-order valence-electron chi connectivity index (χ2n) is 6.80. The summed E-state index contributed by atoms with van der Waals surface area (Å²) in [5.41, 5.74) is 1.39. The number of rotatable bonds is 5. The summed E-state index contributed by atoms with van der Waals surface area (Å²) in [5.74, 6) is -0.216. The van der Waals surface area contributed by atoms with Crippen LogP contribution in [0.1, 0.15) is 5.69 Å². The Bertz CT molecular complexity index is 1690. The van der Waals surface area contributed by atoms with Gasteiger partial charge in [0.05, 0.1) is 23.4 Å². The Labute approximate surface area is 187 Å². The van der Waals surface area contributed by atoms with Crippen molar-refractivity contribution in [3.8, 4) is 5.69 Å². The highest BCUT2D eigenvalue weighted by Gasteiger charge is 2.24. The first kappa shape index (κ1) is 22.3. The first-order valence-corrected chi connectivity index (χ1v) is 11.9. The van der Waals surface area contributed by atoms with Crippen LogP contribution in [-0.2, 0) is 20.2 Å². The van der Waals surface area contributed by atoms with Crippen LogP contribution in [0.15, 0.2) is 68.7 Å². The highest BCUT2D eigenvalue weighted by molar-refractivity contribution is 7.86. The molecule has 0 bridgehead atoms. The second kappa shape index (κ2) is 7.90. The largest absolute Gasteiger partial charge is 0.357 e. The van der Waals surface area contributed by atoms with Crippen molar-refractivity contribution in [1.29, 1.82) is 0 Å². The average molecular weight is 486 g/mol. The Morgan fingerprint density at radius 1 is 1.06 bits per heavy atom. The van der Waals surface area contributed by atoms with E-state index in [4.69, 9.17) is 6.57 Å². The highest BCUT2D eigenvalue weighted by Crippen LogP contribution is 2.36. The van der Waals surface area contributed by atoms with Crippen molar-refractivity contribution in [2.75, 3.05) is 0 Å². The lowest BCUT2D eigenvalue weighted by molar-refractivity contribution is 0.477. The number of para-hydroxylation sites is 1. The van der Waals surface area contributed by atoms with Crippen LogP contribution in [0, 0.1) is 13.5 Å². The van der Waals surface area contributed by atoms with Gasteiger partial charge in [-0.1, -0.05) is 18.2 Å². The summed E-state index contributed by atoms with van der Waals surface area (Å²) in [6.07, 6.45) is 1.08. The number of nitrogens with zero attached hydrogens (tertiary/aromatic N) is 5. The smallest absolute Gasteiger partial charge is 0.296 e. The number of azo groups is 1. The molecular weight excluding hydrogens is 472 g/mol. The van der Waals surface area contributed by atoms with E-state index in [0.29, 0.717) is 11.4 Å². The van der Waals surface area contributed by atoms with Crippen molar-refractivity contribution in [1.82, 2.24) is 14.8 Å². The fourth-order valence-corrected chi connectivity index (χ4v) is 4.36. The molecule has 0 saturated heterocycles. The Morgan fingerprint density at radius 2 is 1.79 bits per heavy atom. The first-order chi connectivity index (χ1) is 15.5. The quantitative estimate of drug-likeness (QED) is 0.216. The van der Waals surface area contributed by atoms with Crippen LogP contribution in [0.3, 0.4) is 0 Å². The standard InChI is InChI=1S/C19H14N6O6S2/c1-11-18(13-5-3-4-6-14(13)22-11)23-24-19-15(20-2)10-21-25(19)16-9-12(32(26,27)28)7-8-17(16)33(29,30)31/h3-10,22H,1H3,(H,26,27,28)(H,29,30,31). The molecule has 0 fully saturated rings. The fourth-order valence-electron chi connectivity index (χ4n) is 3.21. The van der Waals surface area contributed by atoms with Gasteiger partial charge in [0, 0.05) is 16.6 Å². The molecule has 3 N–H and O–H groups in total. The molecule has 0 atom stereocenters. The zero-order valence-corrected chi connectivity index (χ0v) is 18.3. The molecule has 0 spiro atoms. The van der Waals surface area contributed by atoms with Crippen molar-refractivity contribution in [2.24, 2.45) is 10.2 Å². The fraction of sp³-hybridized carbons (Fsp3) is 0.0526. The summed E-state index contributed by atoms with van der Waals surface area (Å²) in [5, 5.41) is 13.0. The summed E-state index contributed by atoms with van der Waals surface area (Å²) in [6.45, 7) is 9.14. The summed E-state index contributed by atoms with van der Waals surface area (Å²) >= 11 is 0. The number of aromatic amines is 1. The molecule has 0 unspecified atom stereocenters. The van der Waals surface area contributed by atoms with Crippen molar-refractivity contribution < 1.29 is 25.9 Å². The number of fused-ring (bicyclic) bond motifs is 1. The minimum absolute atomic E-state index is 0.116. The van der Waals surface area contributed by atoms with Crippen LogP contribution in [0.2, 0.25) is 0 Å². The summed E-state index contributed by atoms with van der Waals surface area (Å²) in [6, 6.07) is 9.68. The second-order valence-corrected chi connectivity index (χ2v) is 9.61. The van der Waals surface area contributed by atoms with Gasteiger partial charge in [-0.15, -0.1) is 10.2 Å². The Morgan fingerprint density at radius 3 is 2.45 bits per heavy atom. The van der Waals surface area contributed by atoms with Crippen molar-refractivity contribution in [3.05, 3.63) is 65.8 Å². The molecule has 168 valence electrons. The molecule has 0 saturated carbocycles. The van der Waals surface area contributed by atoms with E-state index in [1.165, 1.54) is 0 Å². The monoisotopic (exact) mass is 486 g/mol. The molecular formula is C19H14N6O6S2. The summed E-state index contributed by atoms with van der Waals surface area (Å²) in [7, 11) is -9.56. The maximum atomic E-state index is 11.9. The minimum atomic E-state index is -4.84. The van der Waals surface area contributed by atoms with Crippen LogP contribution in [0.25, 0.3) is 21.4 Å². The van der Waals surface area contributed by atoms with Crippen LogP contribution in [0.5, 0.6) is 0 Å². The van der Waals surface area contributed by atoms with E-state index in [2.05, 4.69) is 25.2 Å². The third-order valence-electron chi connectivity index (χ3n) is 4.68. The predicted octanol–water partition coefficient (Wildman–Crippen LogP) is 4.12. The highest BCUT2D eigenvalue weighted by atomic mass is 32.2. The molecule has 0 amide bonds. The number of aromatic nitrogens is 3. The van der Waals surface area contributed by atoms with Crippen LogP contribution < -0.4 is 0 Å². The molecule has 33 heavy (non-hydrogen) atoms. The predicted molar refractivity (Wildman–Crippen MR) is 117 cm³/mol. The summed E-state index contributed by atoms with van der Waals surface area (Å²) in [4.78, 5) is 5.07. The third kappa shape index (κ3) is 4.13. The van der Waals surface area contributed by atoms with Crippen LogP contribution >= 0.6 is 0 Å². The van der Waals surface area contributed by atoms with Gasteiger partial charge in [0.15, 0.2) is 5.82 Å². The molecule has 0 aliphatic heterocycles. The van der Waals surface area contributed by atoms with Gasteiger partial charge in [0.2, 0.25) is 0 Å². The van der Waals surface area contributed by atoms with E-state index in [-0.39, 0.29) is 11.5 Å². The van der Waals surface area contributed by atoms with Crippen LogP contribution in [-0.4, -0.2) is 40.7 Å². The van der Waals surface area contributed by atoms with Crippen molar-refractivity contribution in [3.63, 3.8) is 0 Å². The van der Waals surface area contributed by atoms with Crippen LogP contribution in [0.4, 0.5) is 17.2 Å². The normalized spacial score (nSPS) is 12.4. The van der Waals surface area contributed by atoms with Gasteiger partial charge in [0.1, 0.15) is 10.6 Å². The molecule has 14 heteroatoms. The number of hydrogen-bond donors (Lipinski definition) is 3. The average Bonchev–Trinajstić information content (AvgIpc) is 3.30. The van der Waals surface area contributed by atoms with Gasteiger partial charge in [-0.05, 0) is 31.2 Å². The van der Waals surface area contributed by atoms with E-state index in [1.54, 1.807) is 6.92 Å². The molecule has 0 radical (unpaired) electrons. The molecule has 4 rings (SSSR count). The van der Waals surface area contributed by atoms with E-state index in [0.717, 1.165) is 40.0 Å². The Kier molecular flexibility index (Phi) is 5.34. The number of benzene rings is 2. The number of aryl methyl sites for hydroxylation is 1. The van der Waals surface area contributed by atoms with E-state index >= 15 is 0 Å². The van der Waals surface area contributed by atoms with E-state index < -0.39 is 35.7 Å². The van der Waals surface area contributed by atoms with Crippen molar-refractivity contribution >= 4 is 48.3 Å². The Balaban J connectivity index is 1.96. The third-order valence-corrected chi connectivity index (χ3v) is 6.43. The lowest BCUT2D eigenvalue weighted by atomic mass is 10.2. The minimum Gasteiger partial charge on any atom is -0.357 e. The topological polar surface area (TPSA) is 171 Å². The van der Waals surface area contributed by atoms with Gasteiger partial charge in [-0.2, -0.15) is 21.9 Å². The molecule has 2 aromatic heterocycles.